The second kappa shape index (κ2) is 11.3. The Bertz CT molecular complexity index is 1430. The van der Waals surface area contributed by atoms with E-state index in [0.717, 1.165) is 16.7 Å². The van der Waals surface area contributed by atoms with Crippen molar-refractivity contribution in [3.63, 3.8) is 0 Å². The van der Waals surface area contributed by atoms with E-state index in [4.69, 9.17) is 15.5 Å². The van der Waals surface area contributed by atoms with E-state index in [1.165, 1.54) is 0 Å². The molecule has 0 bridgehead atoms. The summed E-state index contributed by atoms with van der Waals surface area (Å²) in [5.41, 5.74) is 11.2. The Morgan fingerprint density at radius 3 is 2.27 bits per heavy atom. The number of amides is 2. The van der Waals surface area contributed by atoms with E-state index in [0.29, 0.717) is 53.5 Å². The topological polar surface area (TPSA) is 125 Å². The summed E-state index contributed by atoms with van der Waals surface area (Å²) in [6.45, 7) is 4.63. The summed E-state index contributed by atoms with van der Waals surface area (Å²) in [5, 5.41) is 15.7. The predicted octanol–water partition coefficient (Wildman–Crippen LogP) is 4.72. The molecule has 3 N–H and O–H groups in total. The summed E-state index contributed by atoms with van der Waals surface area (Å²) in [7, 11) is 0. The second-order valence-corrected chi connectivity index (χ2v) is 8.72. The van der Waals surface area contributed by atoms with Gasteiger partial charge < -0.3 is 20.5 Å². The third-order valence-corrected chi connectivity index (χ3v) is 6.00. The fraction of sp³-hybridized carbons (Fsp3) is 0.172. The van der Waals surface area contributed by atoms with E-state index in [1.807, 2.05) is 42.5 Å². The molecular formula is C29H27N5O3. The number of benzene rings is 3. The first kappa shape index (κ1) is 25.4. The van der Waals surface area contributed by atoms with Gasteiger partial charge in [0.25, 0.3) is 11.8 Å². The van der Waals surface area contributed by atoms with Crippen molar-refractivity contribution in [1.29, 1.82) is 5.26 Å². The van der Waals surface area contributed by atoms with Crippen LogP contribution in [0.3, 0.4) is 0 Å². The Labute approximate surface area is 215 Å². The summed E-state index contributed by atoms with van der Waals surface area (Å²) >= 11 is 0. The first-order valence-corrected chi connectivity index (χ1v) is 11.8. The highest BCUT2D eigenvalue weighted by molar-refractivity contribution is 6.04. The number of aromatic nitrogens is 1. The lowest BCUT2D eigenvalue weighted by atomic mass is 10.1. The Morgan fingerprint density at radius 2 is 1.65 bits per heavy atom. The molecule has 4 aromatic rings. The monoisotopic (exact) mass is 493 g/mol. The van der Waals surface area contributed by atoms with Gasteiger partial charge in [-0.1, -0.05) is 41.6 Å². The smallest absolute Gasteiger partial charge is 0.259 e. The maximum atomic E-state index is 13.5. The van der Waals surface area contributed by atoms with Gasteiger partial charge in [0.05, 0.1) is 17.3 Å². The van der Waals surface area contributed by atoms with Crippen molar-refractivity contribution in [1.82, 2.24) is 10.1 Å². The van der Waals surface area contributed by atoms with Crippen molar-refractivity contribution in [2.45, 2.75) is 33.5 Å². The van der Waals surface area contributed by atoms with E-state index in [9.17, 15) is 9.59 Å². The highest BCUT2D eigenvalue weighted by Gasteiger charge is 2.24. The number of hydrogen-bond acceptors (Lipinski definition) is 6. The third kappa shape index (κ3) is 6.10. The van der Waals surface area contributed by atoms with Gasteiger partial charge in [-0.05, 0) is 66.9 Å². The Hall–Kier alpha value is -4.74. The SMILES string of the molecule is Cc1noc(C)c1C(=O)N(Cc1ccc(NC(=O)c2ccc(C#N)cc2)cc1)Cc1cccc(CN)c1. The van der Waals surface area contributed by atoms with Crippen LogP contribution in [0.4, 0.5) is 5.69 Å². The average molecular weight is 494 g/mol. The van der Waals surface area contributed by atoms with Gasteiger partial charge in [0.1, 0.15) is 11.3 Å². The minimum absolute atomic E-state index is 0.174. The molecule has 8 heteroatoms. The summed E-state index contributed by atoms with van der Waals surface area (Å²) in [5.74, 6) is 0.0314. The standard InChI is InChI=1S/C29H27N5O3/c1-19-27(20(2)37-33-19)29(36)34(18-24-5-3-4-23(14-24)16-31)17-22-8-12-26(13-9-22)32-28(35)25-10-6-21(15-30)7-11-25/h3-14H,16-18,31H2,1-2H3,(H,32,35). The Kier molecular flexibility index (Phi) is 7.77. The number of nitrogens with zero attached hydrogens (tertiary/aromatic N) is 3. The minimum atomic E-state index is -0.271. The number of nitriles is 1. The van der Waals surface area contributed by atoms with E-state index < -0.39 is 0 Å². The number of anilines is 1. The molecule has 1 heterocycles. The number of carbonyl (C=O) groups excluding carboxylic acids is 2. The number of carbonyl (C=O) groups is 2. The first-order valence-electron chi connectivity index (χ1n) is 11.8. The number of aryl methyl sites for hydroxylation is 2. The number of nitrogens with two attached hydrogens (primary N) is 1. The molecular weight excluding hydrogens is 466 g/mol. The molecule has 0 radical (unpaired) electrons. The number of nitrogens with one attached hydrogen (secondary N) is 1. The van der Waals surface area contributed by atoms with Crippen molar-refractivity contribution in [3.8, 4) is 6.07 Å². The summed E-state index contributed by atoms with van der Waals surface area (Å²) in [6.07, 6.45) is 0. The van der Waals surface area contributed by atoms with Crippen molar-refractivity contribution in [2.24, 2.45) is 5.73 Å². The largest absolute Gasteiger partial charge is 0.361 e. The summed E-state index contributed by atoms with van der Waals surface area (Å²) in [4.78, 5) is 27.8. The Morgan fingerprint density at radius 1 is 0.973 bits per heavy atom. The van der Waals surface area contributed by atoms with Gasteiger partial charge in [-0.25, -0.2) is 0 Å². The van der Waals surface area contributed by atoms with Crippen LogP contribution in [0.1, 0.15) is 54.4 Å². The van der Waals surface area contributed by atoms with Crippen molar-refractivity contribution in [3.05, 3.63) is 118 Å². The van der Waals surface area contributed by atoms with E-state index in [1.54, 1.807) is 55.1 Å². The van der Waals surface area contributed by atoms with Gasteiger partial charge >= 0.3 is 0 Å². The normalized spacial score (nSPS) is 10.5. The first-order chi connectivity index (χ1) is 17.9. The van der Waals surface area contributed by atoms with Crippen LogP contribution in [0.15, 0.2) is 77.3 Å². The van der Waals surface area contributed by atoms with Gasteiger partial charge in [0.2, 0.25) is 0 Å². The molecule has 8 nitrogen and oxygen atoms in total. The molecule has 0 fully saturated rings. The van der Waals surface area contributed by atoms with Crippen LogP contribution in [0.25, 0.3) is 0 Å². The van der Waals surface area contributed by atoms with E-state index in [-0.39, 0.29) is 11.8 Å². The van der Waals surface area contributed by atoms with Crippen molar-refractivity contribution in [2.75, 3.05) is 5.32 Å². The molecule has 0 saturated carbocycles. The van der Waals surface area contributed by atoms with Crippen molar-refractivity contribution < 1.29 is 14.1 Å². The summed E-state index contributed by atoms with van der Waals surface area (Å²) < 4.78 is 5.24. The molecule has 0 aliphatic carbocycles. The fourth-order valence-corrected chi connectivity index (χ4v) is 4.03. The molecule has 0 spiro atoms. The van der Waals surface area contributed by atoms with Gasteiger partial charge in [-0.15, -0.1) is 0 Å². The molecule has 0 saturated heterocycles. The van der Waals surface area contributed by atoms with E-state index in [2.05, 4.69) is 10.5 Å². The zero-order valence-electron chi connectivity index (χ0n) is 20.7. The lowest BCUT2D eigenvalue weighted by Gasteiger charge is -2.23. The van der Waals surface area contributed by atoms with Crippen LogP contribution in [-0.2, 0) is 19.6 Å². The van der Waals surface area contributed by atoms with Crippen LogP contribution >= 0.6 is 0 Å². The number of rotatable bonds is 8. The maximum absolute atomic E-state index is 13.5. The van der Waals surface area contributed by atoms with Crippen LogP contribution in [0, 0.1) is 25.2 Å². The summed E-state index contributed by atoms with van der Waals surface area (Å²) in [6, 6.07) is 23.6. The maximum Gasteiger partial charge on any atom is 0.259 e. The fourth-order valence-electron chi connectivity index (χ4n) is 4.03. The quantitative estimate of drug-likeness (QED) is 0.366. The average Bonchev–Trinajstić information content (AvgIpc) is 3.26. The zero-order valence-corrected chi connectivity index (χ0v) is 20.7. The van der Waals surface area contributed by atoms with Crippen LogP contribution < -0.4 is 11.1 Å². The van der Waals surface area contributed by atoms with Crippen LogP contribution in [0.2, 0.25) is 0 Å². The molecule has 0 aliphatic rings. The van der Waals surface area contributed by atoms with Crippen molar-refractivity contribution >= 4 is 17.5 Å². The third-order valence-electron chi connectivity index (χ3n) is 6.00. The van der Waals surface area contributed by atoms with Gasteiger partial charge in [0, 0.05) is 30.9 Å². The minimum Gasteiger partial charge on any atom is -0.361 e. The Balaban J connectivity index is 1.52. The highest BCUT2D eigenvalue weighted by atomic mass is 16.5. The van der Waals surface area contributed by atoms with Gasteiger partial charge in [0.15, 0.2) is 0 Å². The lowest BCUT2D eigenvalue weighted by molar-refractivity contribution is 0.0727. The molecule has 0 aliphatic heterocycles. The molecule has 1 aromatic heterocycles. The molecule has 0 unspecified atom stereocenters. The molecule has 37 heavy (non-hydrogen) atoms. The molecule has 0 atom stereocenters. The molecule has 3 aromatic carbocycles. The zero-order chi connectivity index (χ0) is 26.4. The van der Waals surface area contributed by atoms with Crippen LogP contribution in [0.5, 0.6) is 0 Å². The van der Waals surface area contributed by atoms with E-state index >= 15 is 0 Å². The highest BCUT2D eigenvalue weighted by Crippen LogP contribution is 2.21. The molecule has 2 amide bonds. The van der Waals surface area contributed by atoms with Gasteiger partial charge in [-0.3, -0.25) is 9.59 Å². The lowest BCUT2D eigenvalue weighted by Crippen LogP contribution is -2.31. The van der Waals surface area contributed by atoms with Gasteiger partial charge in [-0.2, -0.15) is 5.26 Å². The molecule has 4 rings (SSSR count). The number of hydrogen-bond donors (Lipinski definition) is 2. The second-order valence-electron chi connectivity index (χ2n) is 8.72. The van der Waals surface area contributed by atoms with Crippen LogP contribution in [-0.4, -0.2) is 21.9 Å². The predicted molar refractivity (Wildman–Crippen MR) is 139 cm³/mol. The molecule has 186 valence electrons.